The number of hydrogen-bond donors (Lipinski definition) is 0. The molecule has 0 bridgehead atoms. The van der Waals surface area contributed by atoms with Crippen molar-refractivity contribution in [3.8, 4) is 0 Å². The van der Waals surface area contributed by atoms with Crippen molar-refractivity contribution in [2.75, 3.05) is 26.2 Å². The predicted octanol–water partition coefficient (Wildman–Crippen LogP) is 3.56. The van der Waals surface area contributed by atoms with Crippen molar-refractivity contribution in [3.05, 3.63) is 75.3 Å². The van der Waals surface area contributed by atoms with Gasteiger partial charge in [-0.3, -0.25) is 0 Å². The Labute approximate surface area is 178 Å². The van der Waals surface area contributed by atoms with E-state index < -0.39 is 23.8 Å². The Kier molecular flexibility index (Phi) is 6.37. The normalized spacial score (nSPS) is 13.9. The molecule has 30 heavy (non-hydrogen) atoms. The first kappa shape index (κ1) is 21.3. The fraction of sp³-hybridized carbons (Fsp3) is 0.227. The molecule has 0 N–H and O–H groups in total. The van der Waals surface area contributed by atoms with E-state index in [4.69, 9.17) is 14.2 Å². The minimum absolute atomic E-state index is 0.305. The third-order valence-electron chi connectivity index (χ3n) is 4.65. The number of methoxy groups -OCH3 is 3. The van der Waals surface area contributed by atoms with Crippen molar-refractivity contribution in [3.63, 3.8) is 0 Å². The number of benzene rings is 1. The second kappa shape index (κ2) is 8.96. The number of anilines is 1. The van der Waals surface area contributed by atoms with Crippen LogP contribution in [0.2, 0.25) is 0 Å². The highest BCUT2D eigenvalue weighted by Gasteiger charge is 2.36. The molecule has 156 valence electrons. The number of nitrogens with zero attached hydrogens (tertiary/aromatic N) is 1. The molecule has 7 nitrogen and oxygen atoms in total. The quantitative estimate of drug-likeness (QED) is 0.533. The van der Waals surface area contributed by atoms with E-state index in [1.807, 2.05) is 19.1 Å². The first-order chi connectivity index (χ1) is 14.4. The van der Waals surface area contributed by atoms with Crippen molar-refractivity contribution in [1.82, 2.24) is 0 Å². The van der Waals surface area contributed by atoms with Gasteiger partial charge < -0.3 is 19.1 Å². The number of ether oxygens (including phenoxy) is 3. The van der Waals surface area contributed by atoms with Crippen LogP contribution in [0.3, 0.4) is 0 Å². The Morgan fingerprint density at radius 3 is 1.77 bits per heavy atom. The summed E-state index contributed by atoms with van der Waals surface area (Å²) in [5, 5.41) is 0. The predicted molar refractivity (Wildman–Crippen MR) is 112 cm³/mol. The van der Waals surface area contributed by atoms with E-state index in [0.29, 0.717) is 22.4 Å². The van der Waals surface area contributed by atoms with Crippen molar-refractivity contribution < 1.29 is 28.6 Å². The van der Waals surface area contributed by atoms with Gasteiger partial charge in [-0.05, 0) is 43.3 Å². The van der Waals surface area contributed by atoms with E-state index >= 15 is 0 Å². The average molecular weight is 427 g/mol. The van der Waals surface area contributed by atoms with Gasteiger partial charge in [0, 0.05) is 27.8 Å². The van der Waals surface area contributed by atoms with Gasteiger partial charge in [0.25, 0.3) is 0 Å². The molecule has 2 heterocycles. The summed E-state index contributed by atoms with van der Waals surface area (Å²) in [5.41, 5.74) is 1.64. The molecule has 3 rings (SSSR count). The van der Waals surface area contributed by atoms with Gasteiger partial charge in [-0.25, -0.2) is 14.4 Å². The largest absolute Gasteiger partial charge is 0.466 e. The smallest absolute Gasteiger partial charge is 0.337 e. The van der Waals surface area contributed by atoms with Crippen LogP contribution in [0.25, 0.3) is 0 Å². The monoisotopic (exact) mass is 427 g/mol. The van der Waals surface area contributed by atoms with E-state index in [9.17, 15) is 14.4 Å². The number of carbonyl (C=O) groups excluding carboxylic acids is 3. The van der Waals surface area contributed by atoms with Gasteiger partial charge in [0.2, 0.25) is 0 Å². The Morgan fingerprint density at radius 1 is 0.800 bits per heavy atom. The highest BCUT2D eigenvalue weighted by molar-refractivity contribution is 7.12. The zero-order valence-electron chi connectivity index (χ0n) is 17.0. The van der Waals surface area contributed by atoms with Crippen LogP contribution >= 0.6 is 11.3 Å². The number of aryl methyl sites for hydroxylation is 1. The standard InChI is InChI=1S/C22H21NO6S/c1-13-5-10-18(30-13)19-16(21(25)28-3)11-23(12-17(19)22(26)29-4)15-8-6-14(7-9-15)20(24)27-2/h5-12,19H,1-4H3. The summed E-state index contributed by atoms with van der Waals surface area (Å²) in [5.74, 6) is -2.15. The molecule has 8 heteroatoms. The summed E-state index contributed by atoms with van der Waals surface area (Å²) in [6, 6.07) is 10.4. The lowest BCUT2D eigenvalue weighted by molar-refractivity contribution is -0.137. The Hall–Kier alpha value is -3.39. The fourth-order valence-electron chi connectivity index (χ4n) is 3.18. The van der Waals surface area contributed by atoms with Crippen molar-refractivity contribution in [2.45, 2.75) is 12.8 Å². The maximum absolute atomic E-state index is 12.6. The zero-order valence-corrected chi connectivity index (χ0v) is 17.8. The minimum Gasteiger partial charge on any atom is -0.466 e. The first-order valence-electron chi connectivity index (χ1n) is 9.02. The lowest BCUT2D eigenvalue weighted by Gasteiger charge is -2.29. The summed E-state index contributed by atoms with van der Waals surface area (Å²) in [7, 11) is 3.90. The Bertz CT molecular complexity index is 1000. The SMILES string of the molecule is COC(=O)C1=CN(c2ccc(C(=O)OC)cc2)C=C(C(=O)OC)C1c1ccc(C)s1. The molecular formula is C22H21NO6S. The van der Waals surface area contributed by atoms with Gasteiger partial charge in [-0.1, -0.05) is 0 Å². The third-order valence-corrected chi connectivity index (χ3v) is 5.72. The number of thiophene rings is 1. The molecule has 2 aromatic rings. The third kappa shape index (κ3) is 4.13. The summed E-state index contributed by atoms with van der Waals surface area (Å²) in [6.45, 7) is 1.95. The topological polar surface area (TPSA) is 82.1 Å². The van der Waals surface area contributed by atoms with Gasteiger partial charge in [0.15, 0.2) is 0 Å². The van der Waals surface area contributed by atoms with Crippen LogP contribution in [0.15, 0.2) is 59.9 Å². The van der Waals surface area contributed by atoms with Crippen LogP contribution in [-0.4, -0.2) is 39.2 Å². The number of carbonyl (C=O) groups is 3. The van der Waals surface area contributed by atoms with Crippen molar-refractivity contribution in [2.24, 2.45) is 0 Å². The van der Waals surface area contributed by atoms with Gasteiger partial charge in [0.05, 0.1) is 44.0 Å². The first-order valence-corrected chi connectivity index (χ1v) is 9.84. The van der Waals surface area contributed by atoms with Crippen LogP contribution in [0, 0.1) is 6.92 Å². The van der Waals surface area contributed by atoms with Gasteiger partial charge in [-0.15, -0.1) is 11.3 Å². The highest BCUT2D eigenvalue weighted by atomic mass is 32.1. The molecule has 0 saturated heterocycles. The van der Waals surface area contributed by atoms with E-state index in [-0.39, 0.29) is 0 Å². The molecule has 0 radical (unpaired) electrons. The highest BCUT2D eigenvalue weighted by Crippen LogP contribution is 2.41. The molecule has 1 aromatic carbocycles. The second-order valence-electron chi connectivity index (χ2n) is 6.48. The summed E-state index contributed by atoms with van der Waals surface area (Å²) < 4.78 is 14.7. The maximum atomic E-state index is 12.6. The van der Waals surface area contributed by atoms with E-state index in [1.165, 1.54) is 32.7 Å². The number of esters is 3. The summed E-state index contributed by atoms with van der Waals surface area (Å²) in [4.78, 5) is 40.4. The fourth-order valence-corrected chi connectivity index (χ4v) is 4.20. The molecule has 0 unspecified atom stereocenters. The molecule has 0 amide bonds. The number of hydrogen-bond acceptors (Lipinski definition) is 8. The molecule has 0 fully saturated rings. The van der Waals surface area contributed by atoms with Crippen LogP contribution in [0.1, 0.15) is 26.0 Å². The van der Waals surface area contributed by atoms with E-state index in [0.717, 1.165) is 9.75 Å². The number of rotatable bonds is 5. The van der Waals surface area contributed by atoms with Crippen molar-refractivity contribution >= 4 is 34.9 Å². The molecule has 1 aliphatic rings. The average Bonchev–Trinajstić information content (AvgIpc) is 3.22. The van der Waals surface area contributed by atoms with Gasteiger partial charge >= 0.3 is 17.9 Å². The zero-order chi connectivity index (χ0) is 21.8. The van der Waals surface area contributed by atoms with Gasteiger partial charge in [-0.2, -0.15) is 0 Å². The summed E-state index contributed by atoms with van der Waals surface area (Å²) >= 11 is 1.50. The molecule has 0 atom stereocenters. The molecule has 0 saturated carbocycles. The van der Waals surface area contributed by atoms with E-state index in [1.54, 1.807) is 41.6 Å². The van der Waals surface area contributed by atoms with Crippen LogP contribution in [-0.2, 0) is 23.8 Å². The van der Waals surface area contributed by atoms with E-state index in [2.05, 4.69) is 0 Å². The Balaban J connectivity index is 2.10. The Morgan fingerprint density at radius 2 is 1.33 bits per heavy atom. The van der Waals surface area contributed by atoms with Crippen molar-refractivity contribution in [1.29, 1.82) is 0 Å². The van der Waals surface area contributed by atoms with Gasteiger partial charge in [0.1, 0.15) is 0 Å². The minimum atomic E-state index is -0.603. The molecule has 0 aliphatic carbocycles. The molecule has 1 aromatic heterocycles. The van der Waals surface area contributed by atoms with Crippen LogP contribution in [0.5, 0.6) is 0 Å². The second-order valence-corrected chi connectivity index (χ2v) is 7.80. The molecule has 0 spiro atoms. The lowest BCUT2D eigenvalue weighted by atomic mass is 9.87. The van der Waals surface area contributed by atoms with Crippen LogP contribution < -0.4 is 4.90 Å². The molecular weight excluding hydrogens is 406 g/mol. The van der Waals surface area contributed by atoms with Crippen LogP contribution in [0.4, 0.5) is 5.69 Å². The lowest BCUT2D eigenvalue weighted by Crippen LogP contribution is -2.28. The summed E-state index contributed by atoms with van der Waals surface area (Å²) in [6.07, 6.45) is 3.26. The maximum Gasteiger partial charge on any atom is 0.337 e. The molecule has 1 aliphatic heterocycles.